The van der Waals surface area contributed by atoms with Crippen molar-refractivity contribution in [2.24, 2.45) is 23.7 Å². The van der Waals surface area contributed by atoms with Gasteiger partial charge in [0, 0.05) is 30.5 Å². The fourth-order valence-corrected chi connectivity index (χ4v) is 8.34. The second kappa shape index (κ2) is 8.64. The van der Waals surface area contributed by atoms with Crippen LogP contribution in [0.4, 0.5) is 0 Å². The molecule has 2 aromatic rings. The van der Waals surface area contributed by atoms with Crippen LogP contribution in [0.1, 0.15) is 29.2 Å². The molecule has 1 fully saturated rings. The summed E-state index contributed by atoms with van der Waals surface area (Å²) in [4.78, 5) is 15.9. The lowest BCUT2D eigenvalue weighted by Crippen LogP contribution is -2.49. The molecule has 1 amide bonds. The molecule has 2 aliphatic carbocycles. The first-order valence-corrected chi connectivity index (χ1v) is 12.7. The molecule has 0 spiro atoms. The van der Waals surface area contributed by atoms with Gasteiger partial charge in [0.2, 0.25) is 5.91 Å². The molecule has 5 rings (SSSR count). The van der Waals surface area contributed by atoms with Crippen molar-refractivity contribution in [2.75, 3.05) is 14.1 Å². The Bertz CT molecular complexity index is 1370. The zero-order valence-corrected chi connectivity index (χ0v) is 21.1. The van der Waals surface area contributed by atoms with Gasteiger partial charge in [0.25, 0.3) is 0 Å². The first-order chi connectivity index (χ1) is 17.2. The Morgan fingerprint density at radius 1 is 1.03 bits per heavy atom. The molecule has 1 saturated carbocycles. The highest BCUT2D eigenvalue weighted by atomic mass is 32.2. The summed E-state index contributed by atoms with van der Waals surface area (Å²) >= 11 is 1.42. The summed E-state index contributed by atoms with van der Waals surface area (Å²) < 4.78 is -1.14. The average molecular weight is 498 g/mol. The van der Waals surface area contributed by atoms with Gasteiger partial charge in [-0.25, -0.2) is 0 Å². The van der Waals surface area contributed by atoms with E-state index in [9.17, 15) is 25.5 Å². The first kappa shape index (κ1) is 24.3. The van der Waals surface area contributed by atoms with Gasteiger partial charge in [-0.1, -0.05) is 49.4 Å². The van der Waals surface area contributed by atoms with E-state index in [1.165, 1.54) is 16.7 Å². The molecule has 182 valence electrons. The number of carbonyl (C=O) groups excluding carboxylic acids is 1. The lowest BCUT2D eigenvalue weighted by molar-refractivity contribution is -0.143. The third-order valence-electron chi connectivity index (χ3n) is 8.03. The number of rotatable bonds is 3. The third-order valence-corrected chi connectivity index (χ3v) is 9.73. The van der Waals surface area contributed by atoms with Crippen LogP contribution in [0, 0.1) is 46.3 Å². The van der Waals surface area contributed by atoms with Crippen molar-refractivity contribution in [3.05, 3.63) is 89.0 Å². The van der Waals surface area contributed by atoms with Crippen LogP contribution >= 0.6 is 11.8 Å². The van der Waals surface area contributed by atoms with E-state index in [1.54, 1.807) is 44.4 Å². The van der Waals surface area contributed by atoms with Gasteiger partial charge in [-0.15, -0.1) is 11.8 Å². The smallest absolute Gasteiger partial charge is 0.228 e. The molecule has 6 nitrogen and oxygen atoms in total. The van der Waals surface area contributed by atoms with E-state index in [0.29, 0.717) is 21.6 Å². The highest BCUT2D eigenvalue weighted by Gasteiger charge is 2.76. The topological polar surface area (TPSA) is 108 Å². The van der Waals surface area contributed by atoms with Gasteiger partial charge in [-0.3, -0.25) is 4.79 Å². The van der Waals surface area contributed by atoms with Crippen molar-refractivity contribution in [3.8, 4) is 12.1 Å². The van der Waals surface area contributed by atoms with Gasteiger partial charge in [-0.2, -0.15) is 10.5 Å². The van der Waals surface area contributed by atoms with Crippen molar-refractivity contribution in [3.63, 3.8) is 0 Å². The van der Waals surface area contributed by atoms with E-state index >= 15 is 0 Å². The average Bonchev–Trinajstić information content (AvgIpc) is 3.26. The second-order valence-corrected chi connectivity index (χ2v) is 11.3. The normalized spacial score (nSPS) is 33.9. The van der Waals surface area contributed by atoms with Gasteiger partial charge >= 0.3 is 0 Å². The number of allylic oxidation sites excluding steroid dienone is 4. The highest BCUT2D eigenvalue weighted by Crippen LogP contribution is 2.73. The molecule has 0 aromatic heterocycles. The molecule has 1 aliphatic heterocycles. The van der Waals surface area contributed by atoms with Crippen LogP contribution in [0.15, 0.2) is 71.7 Å². The molecule has 36 heavy (non-hydrogen) atoms. The number of benzene rings is 2. The van der Waals surface area contributed by atoms with Crippen LogP contribution in [0.5, 0.6) is 0 Å². The summed E-state index contributed by atoms with van der Waals surface area (Å²) in [5.41, 5.74) is 0.393. The maximum atomic E-state index is 13.7. The predicted molar refractivity (Wildman–Crippen MR) is 136 cm³/mol. The molecule has 2 aromatic carbocycles. The van der Waals surface area contributed by atoms with E-state index in [0.717, 1.165) is 5.56 Å². The number of amides is 1. The number of nitrogens with zero attached hydrogens (tertiary/aromatic N) is 3. The molecular formula is C29H27N3O3S. The van der Waals surface area contributed by atoms with Crippen LogP contribution in [0.3, 0.4) is 0 Å². The van der Waals surface area contributed by atoms with E-state index in [2.05, 4.69) is 31.2 Å². The van der Waals surface area contributed by atoms with Crippen molar-refractivity contribution in [1.29, 1.82) is 10.5 Å². The van der Waals surface area contributed by atoms with E-state index in [-0.39, 0.29) is 17.7 Å². The largest absolute Gasteiger partial charge is 0.389 e. The molecule has 1 heterocycles. The number of hydrogen-bond donors (Lipinski definition) is 2. The Morgan fingerprint density at radius 2 is 1.67 bits per heavy atom. The minimum atomic E-state index is -1.80. The van der Waals surface area contributed by atoms with E-state index in [1.807, 2.05) is 24.3 Å². The summed E-state index contributed by atoms with van der Waals surface area (Å²) in [5, 5.41) is 43.6. The fraction of sp³-hybridized carbons (Fsp3) is 0.345. The van der Waals surface area contributed by atoms with Gasteiger partial charge in [0.15, 0.2) is 0 Å². The summed E-state index contributed by atoms with van der Waals surface area (Å²) in [5.74, 6) is -1.70. The highest BCUT2D eigenvalue weighted by molar-refractivity contribution is 8.00. The Kier molecular flexibility index (Phi) is 5.84. The number of carbonyl (C=O) groups is 1. The number of aliphatic hydroxyl groups excluding tert-OH is 1. The minimum absolute atomic E-state index is 0.0567. The SMILES string of the molecule is CC1C=CC=CC1[C@@H]1[C@@H](C(=O)N(C)C)[C@@H](O)[C@@]2(O)c3ccc(C#N)cc3S[C@@]12c1ccc(C#N)cc1. The van der Waals surface area contributed by atoms with E-state index < -0.39 is 28.3 Å². The molecule has 7 heteroatoms. The van der Waals surface area contributed by atoms with Crippen molar-refractivity contribution < 1.29 is 15.0 Å². The molecular weight excluding hydrogens is 470 g/mol. The summed E-state index contributed by atoms with van der Waals surface area (Å²) in [6, 6.07) is 16.5. The Balaban J connectivity index is 1.84. The van der Waals surface area contributed by atoms with Crippen molar-refractivity contribution in [2.45, 2.75) is 28.3 Å². The molecule has 0 saturated heterocycles. The van der Waals surface area contributed by atoms with Crippen molar-refractivity contribution in [1.82, 2.24) is 4.90 Å². The summed E-state index contributed by atoms with van der Waals surface area (Å²) in [6.07, 6.45) is 6.70. The number of hydrogen-bond acceptors (Lipinski definition) is 6. The van der Waals surface area contributed by atoms with Crippen LogP contribution in [0.25, 0.3) is 0 Å². The Hall–Kier alpha value is -3.36. The molecule has 0 radical (unpaired) electrons. The molecule has 2 unspecified atom stereocenters. The maximum Gasteiger partial charge on any atom is 0.228 e. The monoisotopic (exact) mass is 497 g/mol. The number of fused-ring (bicyclic) bond motifs is 3. The zero-order valence-electron chi connectivity index (χ0n) is 20.3. The Morgan fingerprint density at radius 3 is 2.28 bits per heavy atom. The maximum absolute atomic E-state index is 13.7. The number of aliphatic hydroxyl groups is 2. The zero-order chi connectivity index (χ0) is 25.8. The second-order valence-electron chi connectivity index (χ2n) is 10.1. The van der Waals surface area contributed by atoms with Crippen LogP contribution in [-0.2, 0) is 15.1 Å². The van der Waals surface area contributed by atoms with Gasteiger partial charge in [0.1, 0.15) is 11.7 Å². The molecule has 7 atom stereocenters. The van der Waals surface area contributed by atoms with Gasteiger partial charge in [0.05, 0.1) is 33.9 Å². The standard InChI is InChI=1S/C29H27N3O3S/c1-17-6-4-5-7-21(17)25-24(27(34)32(2)3)26(33)28(35)22-13-10-19(16-31)14-23(22)36-29(25,28)20-11-8-18(15-30)9-12-20/h4-14,17,21,24-26,33,35H,1-3H3/t17?,21?,24-,25-,26-,28+,29+/m1/s1. The minimum Gasteiger partial charge on any atom is -0.389 e. The molecule has 2 N–H and O–H groups in total. The van der Waals surface area contributed by atoms with Gasteiger partial charge in [-0.05, 0) is 41.7 Å². The predicted octanol–water partition coefficient (Wildman–Crippen LogP) is 3.69. The van der Waals surface area contributed by atoms with E-state index in [4.69, 9.17) is 0 Å². The third kappa shape index (κ3) is 3.14. The first-order valence-electron chi connectivity index (χ1n) is 11.9. The van der Waals surface area contributed by atoms with Crippen LogP contribution in [-0.4, -0.2) is 41.2 Å². The number of nitriles is 2. The fourth-order valence-electron chi connectivity index (χ4n) is 6.40. The van der Waals surface area contributed by atoms with Gasteiger partial charge < -0.3 is 15.1 Å². The summed E-state index contributed by atoms with van der Waals surface area (Å²) in [6.45, 7) is 2.08. The Labute approximate surface area is 215 Å². The summed E-state index contributed by atoms with van der Waals surface area (Å²) in [7, 11) is 3.33. The van der Waals surface area contributed by atoms with Crippen LogP contribution in [0.2, 0.25) is 0 Å². The van der Waals surface area contributed by atoms with Crippen LogP contribution < -0.4 is 0 Å². The van der Waals surface area contributed by atoms with Crippen molar-refractivity contribution >= 4 is 17.7 Å². The number of thioether (sulfide) groups is 1. The quantitative estimate of drug-likeness (QED) is 0.670. The lowest BCUT2D eigenvalue weighted by atomic mass is 9.67. The molecule has 0 bridgehead atoms. The molecule has 3 aliphatic rings. The lowest BCUT2D eigenvalue weighted by Gasteiger charge is -2.45.